The lowest BCUT2D eigenvalue weighted by atomic mass is 10.0. The number of hydrogen-bond donors (Lipinski definition) is 4. The topological polar surface area (TPSA) is 153 Å². The molecule has 1 atom stereocenters. The number of imidazole rings is 1. The zero-order valence-electron chi connectivity index (χ0n) is 20.2. The van der Waals surface area contributed by atoms with E-state index in [9.17, 15) is 14.4 Å². The van der Waals surface area contributed by atoms with Gasteiger partial charge in [-0.05, 0) is 41.8 Å². The van der Waals surface area contributed by atoms with Crippen molar-refractivity contribution in [2.75, 3.05) is 7.11 Å². The number of aromatic nitrogens is 2. The average molecular weight is 498 g/mol. The number of carbonyl (C=O) groups excluding carboxylic acids is 3. The van der Waals surface area contributed by atoms with Crippen LogP contribution in [0.1, 0.15) is 54.2 Å². The third kappa shape index (κ3) is 5.91. The van der Waals surface area contributed by atoms with E-state index in [1.54, 1.807) is 48.5 Å². The first-order valence-corrected chi connectivity index (χ1v) is 11.6. The molecule has 1 heterocycles. The molecule has 0 saturated heterocycles. The molecule has 1 aromatic heterocycles. The molecule has 0 aliphatic carbocycles. The van der Waals surface area contributed by atoms with E-state index in [0.29, 0.717) is 41.2 Å². The van der Waals surface area contributed by atoms with Crippen molar-refractivity contribution >= 4 is 17.8 Å². The highest BCUT2D eigenvalue weighted by Gasteiger charge is 2.25. The zero-order valence-corrected chi connectivity index (χ0v) is 20.2. The van der Waals surface area contributed by atoms with E-state index in [2.05, 4.69) is 10.3 Å². The molecule has 0 fully saturated rings. The quantitative estimate of drug-likeness (QED) is 0.261. The van der Waals surface area contributed by atoms with Crippen LogP contribution in [0.15, 0.2) is 78.9 Å². The van der Waals surface area contributed by atoms with Gasteiger partial charge in [0.1, 0.15) is 11.5 Å². The van der Waals surface area contributed by atoms with Crippen molar-refractivity contribution in [2.45, 2.75) is 19.0 Å². The molecule has 0 aliphatic rings. The second kappa shape index (κ2) is 11.3. The number of nitrogens with one attached hydrogen (secondary N) is 2. The predicted octanol–water partition coefficient (Wildman–Crippen LogP) is 3.13. The molecule has 9 heteroatoms. The van der Waals surface area contributed by atoms with E-state index in [-0.39, 0.29) is 11.6 Å². The summed E-state index contributed by atoms with van der Waals surface area (Å²) in [5.41, 5.74) is 14.7. The molecule has 2 amide bonds. The minimum absolute atomic E-state index is 0.129. The summed E-state index contributed by atoms with van der Waals surface area (Å²) < 4.78 is 4.96. The molecule has 0 bridgehead atoms. The van der Waals surface area contributed by atoms with Gasteiger partial charge in [0.15, 0.2) is 5.69 Å². The van der Waals surface area contributed by atoms with Crippen LogP contribution >= 0.6 is 0 Å². The first-order chi connectivity index (χ1) is 17.9. The van der Waals surface area contributed by atoms with Gasteiger partial charge in [-0.25, -0.2) is 9.78 Å². The van der Waals surface area contributed by atoms with Crippen LogP contribution < -0.4 is 16.8 Å². The smallest absolute Gasteiger partial charge is 0.356 e. The van der Waals surface area contributed by atoms with Gasteiger partial charge in [-0.15, -0.1) is 0 Å². The second-order valence-electron chi connectivity index (χ2n) is 8.40. The number of hydrogen-bond acceptors (Lipinski definition) is 6. The van der Waals surface area contributed by atoms with Crippen LogP contribution in [-0.2, 0) is 17.7 Å². The summed E-state index contributed by atoms with van der Waals surface area (Å²) in [6.07, 6.45) is 0.418. The SMILES string of the molecule is COC(=O)c1[nH]c([C@H](Cc2ccccc2)NC(=O)c2ccc(CN)cc2)nc1-c1ccc(C(N)=O)cc1. The summed E-state index contributed by atoms with van der Waals surface area (Å²) in [6, 6.07) is 22.5. The van der Waals surface area contributed by atoms with E-state index in [0.717, 1.165) is 11.1 Å². The molecule has 0 radical (unpaired) electrons. The Labute approximate surface area is 213 Å². The normalized spacial score (nSPS) is 11.5. The van der Waals surface area contributed by atoms with Gasteiger partial charge >= 0.3 is 5.97 Å². The molecule has 37 heavy (non-hydrogen) atoms. The van der Waals surface area contributed by atoms with Crippen LogP contribution in [0.5, 0.6) is 0 Å². The highest BCUT2D eigenvalue weighted by Crippen LogP contribution is 2.27. The van der Waals surface area contributed by atoms with E-state index in [4.69, 9.17) is 21.2 Å². The van der Waals surface area contributed by atoms with E-state index in [1.807, 2.05) is 30.3 Å². The monoisotopic (exact) mass is 497 g/mol. The number of rotatable bonds is 9. The Morgan fingerprint density at radius 3 is 2.16 bits per heavy atom. The van der Waals surface area contributed by atoms with Gasteiger partial charge in [0.25, 0.3) is 5.91 Å². The van der Waals surface area contributed by atoms with Crippen LogP contribution in [0.2, 0.25) is 0 Å². The van der Waals surface area contributed by atoms with E-state index in [1.165, 1.54) is 7.11 Å². The van der Waals surface area contributed by atoms with Gasteiger partial charge in [-0.2, -0.15) is 0 Å². The maximum atomic E-state index is 13.2. The fraction of sp³-hybridized carbons (Fsp3) is 0.143. The van der Waals surface area contributed by atoms with Crippen LogP contribution in [0.3, 0.4) is 0 Å². The standard InChI is InChI=1S/C28H27N5O4/c1-37-28(36)24-23(19-11-13-20(14-12-19)25(30)34)32-26(33-24)22(15-17-5-3-2-4-6-17)31-27(35)21-9-7-18(16-29)8-10-21/h2-14,22H,15-16,29H2,1H3,(H2,30,34)(H,31,35)(H,32,33)/t22-/m0/s1. The number of methoxy groups -OCH3 is 1. The summed E-state index contributed by atoms with van der Waals surface area (Å²) in [6.45, 7) is 0.379. The molecule has 4 aromatic rings. The Morgan fingerprint density at radius 1 is 0.919 bits per heavy atom. The molecule has 9 nitrogen and oxygen atoms in total. The maximum Gasteiger partial charge on any atom is 0.356 e. The van der Waals surface area contributed by atoms with Crippen molar-refractivity contribution in [1.82, 2.24) is 15.3 Å². The van der Waals surface area contributed by atoms with Gasteiger partial charge in [0, 0.05) is 23.2 Å². The van der Waals surface area contributed by atoms with Gasteiger partial charge in [-0.1, -0.05) is 54.6 Å². The molecular formula is C28H27N5O4. The molecule has 6 N–H and O–H groups in total. The third-order valence-electron chi connectivity index (χ3n) is 5.92. The summed E-state index contributed by atoms with van der Waals surface area (Å²) in [7, 11) is 1.27. The van der Waals surface area contributed by atoms with E-state index >= 15 is 0 Å². The Bertz CT molecular complexity index is 1400. The largest absolute Gasteiger partial charge is 0.464 e. The molecule has 0 saturated carbocycles. The lowest BCUT2D eigenvalue weighted by molar-refractivity contribution is 0.0595. The average Bonchev–Trinajstić information content (AvgIpc) is 3.38. The number of primary amides is 1. The van der Waals surface area contributed by atoms with Gasteiger partial charge in [0.2, 0.25) is 5.91 Å². The zero-order chi connectivity index (χ0) is 26.4. The van der Waals surface area contributed by atoms with Crippen LogP contribution in [-0.4, -0.2) is 34.9 Å². The number of amides is 2. The van der Waals surface area contributed by atoms with Crippen LogP contribution in [0, 0.1) is 0 Å². The molecule has 0 aliphatic heterocycles. The second-order valence-corrected chi connectivity index (χ2v) is 8.40. The minimum Gasteiger partial charge on any atom is -0.464 e. The molecule has 3 aromatic carbocycles. The summed E-state index contributed by atoms with van der Waals surface area (Å²) >= 11 is 0. The summed E-state index contributed by atoms with van der Waals surface area (Å²) in [5, 5.41) is 3.03. The fourth-order valence-corrected chi connectivity index (χ4v) is 3.91. The number of aromatic amines is 1. The number of nitrogens with zero attached hydrogens (tertiary/aromatic N) is 1. The number of ether oxygens (including phenoxy) is 1. The van der Waals surface area contributed by atoms with Gasteiger partial charge < -0.3 is 26.5 Å². The maximum absolute atomic E-state index is 13.2. The first kappa shape index (κ1) is 25.3. The van der Waals surface area contributed by atoms with Crippen molar-refractivity contribution in [3.63, 3.8) is 0 Å². The van der Waals surface area contributed by atoms with Crippen molar-refractivity contribution in [1.29, 1.82) is 0 Å². The molecule has 0 unspecified atom stereocenters. The number of nitrogens with two attached hydrogens (primary N) is 2. The number of carbonyl (C=O) groups is 3. The Balaban J connectivity index is 1.72. The molecular weight excluding hydrogens is 470 g/mol. The predicted molar refractivity (Wildman–Crippen MR) is 139 cm³/mol. The highest BCUT2D eigenvalue weighted by molar-refractivity contribution is 5.96. The fourth-order valence-electron chi connectivity index (χ4n) is 3.91. The Morgan fingerprint density at radius 2 is 1.57 bits per heavy atom. The molecule has 0 spiro atoms. The number of benzene rings is 3. The van der Waals surface area contributed by atoms with Crippen molar-refractivity contribution in [2.24, 2.45) is 11.5 Å². The third-order valence-corrected chi connectivity index (χ3v) is 5.92. The number of esters is 1. The summed E-state index contributed by atoms with van der Waals surface area (Å²) in [5.74, 6) is -1.10. The lowest BCUT2D eigenvalue weighted by Gasteiger charge is -2.17. The first-order valence-electron chi connectivity index (χ1n) is 11.6. The molecule has 188 valence electrons. The van der Waals surface area contributed by atoms with Crippen molar-refractivity contribution < 1.29 is 19.1 Å². The van der Waals surface area contributed by atoms with Crippen LogP contribution in [0.4, 0.5) is 0 Å². The summed E-state index contributed by atoms with van der Waals surface area (Å²) in [4.78, 5) is 45.0. The van der Waals surface area contributed by atoms with Crippen molar-refractivity contribution in [3.8, 4) is 11.3 Å². The van der Waals surface area contributed by atoms with Crippen LogP contribution in [0.25, 0.3) is 11.3 Å². The lowest BCUT2D eigenvalue weighted by Crippen LogP contribution is -2.31. The minimum atomic E-state index is -0.616. The Hall–Kier alpha value is -4.76. The molecule has 4 rings (SSSR count). The van der Waals surface area contributed by atoms with Crippen molar-refractivity contribution in [3.05, 3.63) is 113 Å². The van der Waals surface area contributed by atoms with Gasteiger partial charge in [-0.3, -0.25) is 9.59 Å². The Kier molecular flexibility index (Phi) is 7.75. The van der Waals surface area contributed by atoms with Gasteiger partial charge in [0.05, 0.1) is 13.2 Å². The van der Waals surface area contributed by atoms with E-state index < -0.39 is 17.9 Å². The number of H-pyrrole nitrogens is 1. The highest BCUT2D eigenvalue weighted by atomic mass is 16.5.